The second kappa shape index (κ2) is 8.05. The maximum Gasteiger partial charge on any atom is 0.311 e. The predicted octanol–water partition coefficient (Wildman–Crippen LogP) is 3.16. The second-order valence-electron chi connectivity index (χ2n) is 6.63. The lowest BCUT2D eigenvalue weighted by molar-refractivity contribution is -0.142. The summed E-state index contributed by atoms with van der Waals surface area (Å²) in [6.07, 6.45) is 0.0603. The molecule has 0 atom stereocenters. The minimum absolute atomic E-state index is 0.0603. The Morgan fingerprint density at radius 3 is 2.50 bits per heavy atom. The van der Waals surface area contributed by atoms with E-state index < -0.39 is 5.41 Å². The van der Waals surface area contributed by atoms with Crippen molar-refractivity contribution in [2.45, 2.75) is 46.1 Å². The van der Waals surface area contributed by atoms with Gasteiger partial charge < -0.3 is 9.47 Å². The fourth-order valence-corrected chi connectivity index (χ4v) is 3.01. The number of ether oxygens (including phenoxy) is 2. The first-order valence-corrected chi connectivity index (χ1v) is 8.59. The molecule has 0 radical (unpaired) electrons. The molecular weight excluding hydrogens is 330 g/mol. The van der Waals surface area contributed by atoms with Gasteiger partial charge in [0.25, 0.3) is 0 Å². The number of rotatable bonds is 7. The molecule has 0 aliphatic carbocycles. The molecule has 0 spiro atoms. The Bertz CT molecular complexity index is 814. The Hall–Kier alpha value is -2.81. The summed E-state index contributed by atoms with van der Waals surface area (Å²) in [5.41, 5.74) is 2.58. The van der Waals surface area contributed by atoms with Crippen molar-refractivity contribution in [2.75, 3.05) is 13.7 Å². The average molecular weight is 355 g/mol. The molecule has 0 amide bonds. The van der Waals surface area contributed by atoms with Gasteiger partial charge in [-0.25, -0.2) is 0 Å². The number of hydrogen-bond acceptors (Lipinski definition) is 5. The fraction of sp³-hybridized carbons (Fsp3) is 0.450. The smallest absolute Gasteiger partial charge is 0.311 e. The predicted molar refractivity (Wildman–Crippen MR) is 98.0 cm³/mol. The van der Waals surface area contributed by atoms with Crippen molar-refractivity contribution in [1.29, 1.82) is 5.26 Å². The van der Waals surface area contributed by atoms with Gasteiger partial charge in [0.15, 0.2) is 0 Å². The molecule has 26 heavy (non-hydrogen) atoms. The van der Waals surface area contributed by atoms with E-state index in [9.17, 15) is 10.1 Å². The van der Waals surface area contributed by atoms with Gasteiger partial charge in [-0.1, -0.05) is 12.1 Å². The zero-order valence-electron chi connectivity index (χ0n) is 16.0. The Kier molecular flexibility index (Phi) is 6.04. The van der Waals surface area contributed by atoms with E-state index in [4.69, 9.17) is 9.47 Å². The summed E-state index contributed by atoms with van der Waals surface area (Å²) in [4.78, 5) is 12.0. The zero-order valence-corrected chi connectivity index (χ0v) is 16.0. The minimum atomic E-state index is -0.746. The Morgan fingerprint density at radius 1 is 1.31 bits per heavy atom. The number of aromatic nitrogens is 2. The van der Waals surface area contributed by atoms with Crippen molar-refractivity contribution >= 4 is 5.97 Å². The van der Waals surface area contributed by atoms with Gasteiger partial charge in [0, 0.05) is 11.3 Å². The van der Waals surface area contributed by atoms with Gasteiger partial charge in [0.2, 0.25) is 0 Å². The van der Waals surface area contributed by atoms with Crippen LogP contribution in [0.15, 0.2) is 24.3 Å². The van der Waals surface area contributed by atoms with Crippen molar-refractivity contribution in [3.63, 3.8) is 0 Å². The van der Waals surface area contributed by atoms with Crippen LogP contribution < -0.4 is 4.74 Å². The molecule has 0 fully saturated rings. The molecule has 0 aliphatic heterocycles. The lowest BCUT2D eigenvalue weighted by Crippen LogP contribution is -2.19. The van der Waals surface area contributed by atoms with Gasteiger partial charge in [-0.3, -0.25) is 9.48 Å². The highest BCUT2D eigenvalue weighted by molar-refractivity contribution is 5.72. The maximum atomic E-state index is 12.0. The van der Waals surface area contributed by atoms with Crippen molar-refractivity contribution in [3.8, 4) is 11.8 Å². The van der Waals surface area contributed by atoms with Crippen molar-refractivity contribution in [3.05, 3.63) is 46.8 Å². The van der Waals surface area contributed by atoms with E-state index >= 15 is 0 Å². The van der Waals surface area contributed by atoms with E-state index in [2.05, 4.69) is 11.2 Å². The standard InChI is InChI=1S/C20H25N3O3/c1-6-26-18(24)11-17-19(20(3,4)13-21)14(2)23(22-17)12-15-7-9-16(25-5)10-8-15/h7-10H,6,11-12H2,1-5H3. The van der Waals surface area contributed by atoms with Crippen LogP contribution in [0.25, 0.3) is 0 Å². The number of methoxy groups -OCH3 is 1. The quantitative estimate of drug-likeness (QED) is 0.713. The first kappa shape index (κ1) is 19.5. The molecule has 2 aromatic rings. The van der Waals surface area contributed by atoms with Crippen molar-refractivity contribution in [2.24, 2.45) is 0 Å². The van der Waals surface area contributed by atoms with Crippen LogP contribution in [0.5, 0.6) is 5.75 Å². The molecule has 0 N–H and O–H groups in total. The van der Waals surface area contributed by atoms with Crippen LogP contribution in [-0.4, -0.2) is 29.5 Å². The summed E-state index contributed by atoms with van der Waals surface area (Å²) >= 11 is 0. The number of nitriles is 1. The van der Waals surface area contributed by atoms with E-state index in [1.165, 1.54) is 0 Å². The summed E-state index contributed by atoms with van der Waals surface area (Å²) < 4.78 is 12.1. The first-order valence-electron chi connectivity index (χ1n) is 8.59. The molecule has 6 nitrogen and oxygen atoms in total. The van der Waals surface area contributed by atoms with Crippen LogP contribution in [0.4, 0.5) is 0 Å². The van der Waals surface area contributed by atoms with E-state index in [-0.39, 0.29) is 12.4 Å². The third-order valence-electron chi connectivity index (χ3n) is 4.29. The maximum absolute atomic E-state index is 12.0. The van der Waals surface area contributed by atoms with E-state index in [1.54, 1.807) is 14.0 Å². The van der Waals surface area contributed by atoms with Gasteiger partial charge in [-0.15, -0.1) is 0 Å². The summed E-state index contributed by atoms with van der Waals surface area (Å²) in [7, 11) is 1.63. The lowest BCUT2D eigenvalue weighted by atomic mass is 9.84. The summed E-state index contributed by atoms with van der Waals surface area (Å²) in [5.74, 6) is 0.455. The topological polar surface area (TPSA) is 77.1 Å². The fourth-order valence-electron chi connectivity index (χ4n) is 3.01. The molecule has 0 saturated heterocycles. The highest BCUT2D eigenvalue weighted by Gasteiger charge is 2.30. The third-order valence-corrected chi connectivity index (χ3v) is 4.29. The van der Waals surface area contributed by atoms with Crippen LogP contribution in [0.1, 0.15) is 43.3 Å². The number of nitrogens with zero attached hydrogens (tertiary/aromatic N) is 3. The SMILES string of the molecule is CCOC(=O)Cc1nn(Cc2ccc(OC)cc2)c(C)c1C(C)(C)C#N. The van der Waals surface area contributed by atoms with Crippen LogP contribution in [-0.2, 0) is 27.9 Å². The summed E-state index contributed by atoms with van der Waals surface area (Å²) in [6.45, 7) is 8.24. The molecule has 1 aromatic carbocycles. The molecule has 2 rings (SSSR count). The molecule has 0 saturated carbocycles. The number of carbonyl (C=O) groups excluding carboxylic acids is 1. The monoisotopic (exact) mass is 355 g/mol. The normalized spacial score (nSPS) is 11.1. The van der Waals surface area contributed by atoms with Crippen molar-refractivity contribution < 1.29 is 14.3 Å². The highest BCUT2D eigenvalue weighted by Crippen LogP contribution is 2.30. The molecule has 0 aliphatic rings. The number of hydrogen-bond donors (Lipinski definition) is 0. The summed E-state index contributed by atoms with van der Waals surface area (Å²) in [6, 6.07) is 10.1. The average Bonchev–Trinajstić information content (AvgIpc) is 2.91. The molecular formula is C20H25N3O3. The molecule has 1 heterocycles. The second-order valence-corrected chi connectivity index (χ2v) is 6.63. The van der Waals surface area contributed by atoms with E-state index in [1.807, 2.05) is 49.7 Å². The van der Waals surface area contributed by atoms with Gasteiger partial charge in [-0.05, 0) is 45.4 Å². The Morgan fingerprint density at radius 2 is 1.96 bits per heavy atom. The van der Waals surface area contributed by atoms with Crippen LogP contribution in [0.2, 0.25) is 0 Å². The van der Waals surface area contributed by atoms with Gasteiger partial charge in [0.1, 0.15) is 5.75 Å². The number of esters is 1. The van der Waals surface area contributed by atoms with E-state index in [0.717, 1.165) is 22.6 Å². The van der Waals surface area contributed by atoms with Gasteiger partial charge in [0.05, 0.1) is 43.9 Å². The zero-order chi connectivity index (χ0) is 19.3. The Balaban J connectivity index is 2.40. The first-order chi connectivity index (χ1) is 12.3. The van der Waals surface area contributed by atoms with E-state index in [0.29, 0.717) is 18.8 Å². The van der Waals surface area contributed by atoms with Crippen LogP contribution >= 0.6 is 0 Å². The number of benzene rings is 1. The molecule has 0 unspecified atom stereocenters. The molecule has 6 heteroatoms. The minimum Gasteiger partial charge on any atom is -0.497 e. The Labute approximate surface area is 154 Å². The molecule has 1 aromatic heterocycles. The largest absolute Gasteiger partial charge is 0.497 e. The molecule has 0 bridgehead atoms. The van der Waals surface area contributed by atoms with Gasteiger partial charge in [-0.2, -0.15) is 10.4 Å². The third kappa shape index (κ3) is 4.23. The van der Waals surface area contributed by atoms with Crippen LogP contribution in [0.3, 0.4) is 0 Å². The van der Waals surface area contributed by atoms with Crippen molar-refractivity contribution in [1.82, 2.24) is 9.78 Å². The molecule has 138 valence electrons. The lowest BCUT2D eigenvalue weighted by Gasteiger charge is -2.17. The number of carbonyl (C=O) groups is 1. The summed E-state index contributed by atoms with van der Waals surface area (Å²) in [5, 5.41) is 14.2. The highest BCUT2D eigenvalue weighted by atomic mass is 16.5. The van der Waals surface area contributed by atoms with Gasteiger partial charge >= 0.3 is 5.97 Å². The van der Waals surface area contributed by atoms with Crippen LogP contribution in [0, 0.1) is 18.3 Å².